The third kappa shape index (κ3) is 3.61. The molecule has 0 aliphatic carbocycles. The summed E-state index contributed by atoms with van der Waals surface area (Å²) in [7, 11) is 0. The minimum Gasteiger partial charge on any atom is -0.378 e. The van der Waals surface area contributed by atoms with Gasteiger partial charge in [-0.25, -0.2) is 0 Å². The standard InChI is InChI=1S/C14H19Cl2NO/c1-9-7-12(5-6-18-9)17-10(2)13-4-3-11(15)8-14(13)16/h3-4,8-10,12,17H,5-7H2,1-2H3. The summed E-state index contributed by atoms with van der Waals surface area (Å²) in [4.78, 5) is 0. The summed E-state index contributed by atoms with van der Waals surface area (Å²) in [6.07, 6.45) is 2.44. The molecule has 4 heteroatoms. The van der Waals surface area contributed by atoms with E-state index in [1.54, 1.807) is 6.07 Å². The highest BCUT2D eigenvalue weighted by atomic mass is 35.5. The van der Waals surface area contributed by atoms with E-state index in [1.165, 1.54) is 0 Å². The van der Waals surface area contributed by atoms with Crippen LogP contribution in [0.5, 0.6) is 0 Å². The average Bonchev–Trinajstić information content (AvgIpc) is 2.28. The summed E-state index contributed by atoms with van der Waals surface area (Å²) in [6.45, 7) is 5.09. The SMILES string of the molecule is CC1CC(NC(C)c2ccc(Cl)cc2Cl)CCO1. The van der Waals surface area contributed by atoms with Crippen molar-refractivity contribution >= 4 is 23.2 Å². The van der Waals surface area contributed by atoms with Crippen LogP contribution in [0.3, 0.4) is 0 Å². The Hall–Kier alpha value is -0.280. The van der Waals surface area contributed by atoms with Crippen molar-refractivity contribution in [3.05, 3.63) is 33.8 Å². The zero-order valence-corrected chi connectivity index (χ0v) is 12.3. The van der Waals surface area contributed by atoms with Gasteiger partial charge >= 0.3 is 0 Å². The van der Waals surface area contributed by atoms with Gasteiger partial charge in [0.2, 0.25) is 0 Å². The molecule has 0 bridgehead atoms. The van der Waals surface area contributed by atoms with Gasteiger partial charge in [0.25, 0.3) is 0 Å². The van der Waals surface area contributed by atoms with Crippen LogP contribution < -0.4 is 5.32 Å². The monoisotopic (exact) mass is 287 g/mol. The molecule has 1 N–H and O–H groups in total. The molecule has 0 spiro atoms. The summed E-state index contributed by atoms with van der Waals surface area (Å²) in [5, 5.41) is 5.02. The highest BCUT2D eigenvalue weighted by Gasteiger charge is 2.21. The van der Waals surface area contributed by atoms with Gasteiger partial charge in [-0.1, -0.05) is 29.3 Å². The van der Waals surface area contributed by atoms with E-state index in [9.17, 15) is 0 Å². The molecule has 1 heterocycles. The molecule has 3 atom stereocenters. The van der Waals surface area contributed by atoms with Crippen molar-refractivity contribution in [2.45, 2.75) is 44.9 Å². The van der Waals surface area contributed by atoms with E-state index in [1.807, 2.05) is 12.1 Å². The molecule has 1 aromatic carbocycles. The van der Waals surface area contributed by atoms with Crippen molar-refractivity contribution in [1.29, 1.82) is 0 Å². The third-order valence-corrected chi connectivity index (χ3v) is 3.96. The first kappa shape index (κ1) is 14.1. The van der Waals surface area contributed by atoms with E-state index in [-0.39, 0.29) is 6.04 Å². The zero-order chi connectivity index (χ0) is 13.1. The van der Waals surface area contributed by atoms with Crippen LogP contribution in [-0.4, -0.2) is 18.8 Å². The van der Waals surface area contributed by atoms with Crippen LogP contribution in [0.4, 0.5) is 0 Å². The number of hydrogen-bond donors (Lipinski definition) is 1. The summed E-state index contributed by atoms with van der Waals surface area (Å²) >= 11 is 12.1. The van der Waals surface area contributed by atoms with E-state index >= 15 is 0 Å². The molecule has 2 nitrogen and oxygen atoms in total. The van der Waals surface area contributed by atoms with Crippen molar-refractivity contribution in [2.24, 2.45) is 0 Å². The lowest BCUT2D eigenvalue weighted by molar-refractivity contribution is 0.0116. The quantitative estimate of drug-likeness (QED) is 0.899. The fourth-order valence-electron chi connectivity index (χ4n) is 2.45. The Kier molecular flexibility index (Phi) is 4.91. The van der Waals surface area contributed by atoms with Crippen LogP contribution in [0.1, 0.15) is 38.3 Å². The fraction of sp³-hybridized carbons (Fsp3) is 0.571. The largest absolute Gasteiger partial charge is 0.378 e. The molecule has 1 aliphatic heterocycles. The lowest BCUT2D eigenvalue weighted by Crippen LogP contribution is -2.39. The maximum Gasteiger partial charge on any atom is 0.0561 e. The Labute approximate surface area is 119 Å². The molecule has 1 aromatic rings. The Morgan fingerprint density at radius 3 is 2.83 bits per heavy atom. The Morgan fingerprint density at radius 1 is 1.39 bits per heavy atom. The van der Waals surface area contributed by atoms with Crippen LogP contribution in [-0.2, 0) is 4.74 Å². The molecule has 0 amide bonds. The Balaban J connectivity index is 2.00. The minimum atomic E-state index is 0.227. The molecule has 0 radical (unpaired) electrons. The highest BCUT2D eigenvalue weighted by Crippen LogP contribution is 2.27. The van der Waals surface area contributed by atoms with Gasteiger partial charge in [-0.3, -0.25) is 0 Å². The first-order valence-electron chi connectivity index (χ1n) is 6.39. The van der Waals surface area contributed by atoms with Crippen molar-refractivity contribution in [2.75, 3.05) is 6.61 Å². The molecule has 100 valence electrons. The van der Waals surface area contributed by atoms with Crippen molar-refractivity contribution in [3.8, 4) is 0 Å². The summed E-state index contributed by atoms with van der Waals surface area (Å²) < 4.78 is 5.55. The smallest absolute Gasteiger partial charge is 0.0561 e. The van der Waals surface area contributed by atoms with Gasteiger partial charge in [0.1, 0.15) is 0 Å². The van der Waals surface area contributed by atoms with Gasteiger partial charge in [0.05, 0.1) is 6.10 Å². The third-order valence-electron chi connectivity index (χ3n) is 3.40. The van der Waals surface area contributed by atoms with Gasteiger partial charge in [-0.15, -0.1) is 0 Å². The predicted molar refractivity (Wildman–Crippen MR) is 76.4 cm³/mol. The van der Waals surface area contributed by atoms with Crippen molar-refractivity contribution in [3.63, 3.8) is 0 Å². The van der Waals surface area contributed by atoms with Crippen LogP contribution >= 0.6 is 23.2 Å². The van der Waals surface area contributed by atoms with Crippen molar-refractivity contribution in [1.82, 2.24) is 5.32 Å². The minimum absolute atomic E-state index is 0.227. The Morgan fingerprint density at radius 2 is 2.17 bits per heavy atom. The lowest BCUT2D eigenvalue weighted by atomic mass is 10.0. The molecule has 18 heavy (non-hydrogen) atoms. The molecular formula is C14H19Cl2NO. The predicted octanol–water partition coefficient (Wildman–Crippen LogP) is 4.21. The van der Waals surface area contributed by atoms with Gasteiger partial charge in [-0.2, -0.15) is 0 Å². The molecule has 3 unspecified atom stereocenters. The first-order valence-corrected chi connectivity index (χ1v) is 7.14. The van der Waals surface area contributed by atoms with Crippen molar-refractivity contribution < 1.29 is 4.74 Å². The van der Waals surface area contributed by atoms with Crippen LogP contribution in [0.2, 0.25) is 10.0 Å². The van der Waals surface area contributed by atoms with Crippen LogP contribution in [0.25, 0.3) is 0 Å². The Bertz CT molecular complexity index is 411. The number of nitrogens with one attached hydrogen (secondary N) is 1. The topological polar surface area (TPSA) is 21.3 Å². The molecule has 2 rings (SSSR count). The van der Waals surface area contributed by atoms with Gasteiger partial charge in [0, 0.05) is 28.7 Å². The van der Waals surface area contributed by atoms with E-state index in [2.05, 4.69) is 19.2 Å². The second-order valence-electron chi connectivity index (χ2n) is 4.96. The first-order chi connectivity index (χ1) is 8.56. The summed E-state index contributed by atoms with van der Waals surface area (Å²) in [5.41, 5.74) is 1.10. The highest BCUT2D eigenvalue weighted by molar-refractivity contribution is 6.35. The number of hydrogen-bond acceptors (Lipinski definition) is 2. The fourth-order valence-corrected chi connectivity index (χ4v) is 3.02. The van der Waals surface area contributed by atoms with Crippen LogP contribution in [0, 0.1) is 0 Å². The number of halogens is 2. The second kappa shape index (κ2) is 6.25. The maximum absolute atomic E-state index is 6.22. The van der Waals surface area contributed by atoms with Crippen LogP contribution in [0.15, 0.2) is 18.2 Å². The average molecular weight is 288 g/mol. The molecule has 1 aliphatic rings. The number of benzene rings is 1. The van der Waals surface area contributed by atoms with E-state index < -0.39 is 0 Å². The van der Waals surface area contributed by atoms with Gasteiger partial charge in [-0.05, 0) is 44.4 Å². The summed E-state index contributed by atoms with van der Waals surface area (Å²) in [6, 6.07) is 6.39. The van der Waals surface area contributed by atoms with E-state index in [4.69, 9.17) is 27.9 Å². The zero-order valence-electron chi connectivity index (χ0n) is 10.7. The summed E-state index contributed by atoms with van der Waals surface area (Å²) in [5.74, 6) is 0. The normalized spacial score (nSPS) is 26.0. The lowest BCUT2D eigenvalue weighted by Gasteiger charge is -2.30. The molecule has 0 aromatic heterocycles. The second-order valence-corrected chi connectivity index (χ2v) is 5.80. The molecule has 1 fully saturated rings. The maximum atomic E-state index is 6.22. The number of ether oxygens (including phenoxy) is 1. The van der Waals surface area contributed by atoms with E-state index in [0.29, 0.717) is 17.2 Å². The van der Waals surface area contributed by atoms with Gasteiger partial charge in [0.15, 0.2) is 0 Å². The molecular weight excluding hydrogens is 269 g/mol. The molecule has 1 saturated heterocycles. The molecule has 0 saturated carbocycles. The number of rotatable bonds is 3. The van der Waals surface area contributed by atoms with E-state index in [0.717, 1.165) is 30.0 Å². The van der Waals surface area contributed by atoms with Gasteiger partial charge < -0.3 is 10.1 Å².